The number of likely N-dealkylation sites (tertiary alicyclic amines) is 1. The smallest absolute Gasteiger partial charge is 0.421 e. The number of pyridine rings is 3. The number of anilines is 3. The van der Waals surface area contributed by atoms with E-state index in [-0.39, 0.29) is 18.0 Å². The minimum absolute atomic E-state index is 0.0435. The van der Waals surface area contributed by atoms with Crippen LogP contribution in [-0.2, 0) is 9.47 Å². The summed E-state index contributed by atoms with van der Waals surface area (Å²) in [5, 5.41) is 13.0. The first-order chi connectivity index (χ1) is 20.8. The highest BCUT2D eigenvalue weighted by atomic mass is 16.6. The zero-order valence-electron chi connectivity index (χ0n) is 26.1. The second kappa shape index (κ2) is 12.1. The Morgan fingerprint density at radius 3 is 2.43 bits per heavy atom. The van der Waals surface area contributed by atoms with Crippen molar-refractivity contribution in [3.05, 3.63) is 60.0 Å². The monoisotopic (exact) mass is 597 g/mol. The summed E-state index contributed by atoms with van der Waals surface area (Å²) in [7, 11) is 0. The maximum Gasteiger partial charge on any atom is 0.421 e. The molecule has 1 saturated carbocycles. The van der Waals surface area contributed by atoms with Crippen molar-refractivity contribution in [3.63, 3.8) is 0 Å². The Kier molecular flexibility index (Phi) is 8.46. The van der Waals surface area contributed by atoms with E-state index >= 15 is 0 Å². The van der Waals surface area contributed by atoms with Crippen LogP contribution < -0.4 is 10.2 Å². The summed E-state index contributed by atoms with van der Waals surface area (Å²) in [6.45, 7) is 12.1. The summed E-state index contributed by atoms with van der Waals surface area (Å²) < 4.78 is 11.3. The van der Waals surface area contributed by atoms with Gasteiger partial charge in [-0.3, -0.25) is 4.98 Å². The van der Waals surface area contributed by atoms with Crippen LogP contribution in [0, 0.1) is 11.3 Å². The summed E-state index contributed by atoms with van der Waals surface area (Å²) in [4.78, 5) is 42.9. The van der Waals surface area contributed by atoms with Crippen LogP contribution in [0.25, 0.3) is 11.3 Å². The molecule has 44 heavy (non-hydrogen) atoms. The van der Waals surface area contributed by atoms with Crippen LogP contribution in [0.1, 0.15) is 77.8 Å². The quantitative estimate of drug-likeness (QED) is 0.326. The molecule has 1 N–H and O–H groups in total. The van der Waals surface area contributed by atoms with Gasteiger partial charge in [-0.05, 0) is 103 Å². The Hall–Kier alpha value is -4.72. The molecule has 0 spiro atoms. The molecule has 2 fully saturated rings. The molecule has 2 amide bonds. The van der Waals surface area contributed by atoms with Crippen molar-refractivity contribution in [1.82, 2.24) is 19.9 Å². The summed E-state index contributed by atoms with van der Waals surface area (Å²) in [5.74, 6) is 0.957. The number of nitrogens with zero attached hydrogens (tertiary/aromatic N) is 6. The summed E-state index contributed by atoms with van der Waals surface area (Å²) in [6, 6.07) is 11.2. The maximum absolute atomic E-state index is 13.6. The minimum atomic E-state index is -0.762. The van der Waals surface area contributed by atoms with Crippen molar-refractivity contribution in [3.8, 4) is 17.3 Å². The zero-order valence-corrected chi connectivity index (χ0v) is 26.1. The highest BCUT2D eigenvalue weighted by molar-refractivity contribution is 5.94. The first kappa shape index (κ1) is 30.7. The average Bonchev–Trinajstić information content (AvgIpc) is 3.70. The van der Waals surface area contributed by atoms with Gasteiger partial charge in [0.1, 0.15) is 22.8 Å². The lowest BCUT2D eigenvalue weighted by Crippen LogP contribution is -2.36. The van der Waals surface area contributed by atoms with E-state index in [0.29, 0.717) is 36.1 Å². The molecule has 4 heterocycles. The largest absolute Gasteiger partial charge is 0.444 e. The van der Waals surface area contributed by atoms with E-state index in [1.165, 1.54) is 11.1 Å². The number of hydrogen-bond donors (Lipinski definition) is 1. The van der Waals surface area contributed by atoms with Crippen molar-refractivity contribution in [2.75, 3.05) is 23.3 Å². The van der Waals surface area contributed by atoms with Crippen LogP contribution in [0.4, 0.5) is 26.9 Å². The van der Waals surface area contributed by atoms with Crippen LogP contribution in [0.5, 0.6) is 0 Å². The fraction of sp³-hybridized carbons (Fsp3) is 0.455. The highest BCUT2D eigenvalue weighted by Gasteiger charge is 2.32. The molecular formula is C33H39N7O4. The Labute approximate surface area is 258 Å². The predicted molar refractivity (Wildman–Crippen MR) is 167 cm³/mol. The molecular weight excluding hydrogens is 558 g/mol. The van der Waals surface area contributed by atoms with Gasteiger partial charge in [0, 0.05) is 43.3 Å². The number of carbonyl (C=O) groups is 2. The van der Waals surface area contributed by atoms with E-state index < -0.39 is 17.3 Å². The number of nitriles is 1. The van der Waals surface area contributed by atoms with Gasteiger partial charge in [-0.25, -0.2) is 24.5 Å². The first-order valence-electron chi connectivity index (χ1n) is 14.9. The van der Waals surface area contributed by atoms with E-state index in [2.05, 4.69) is 21.4 Å². The maximum atomic E-state index is 13.6. The second-order valence-corrected chi connectivity index (χ2v) is 13.3. The lowest BCUT2D eigenvalue weighted by Gasteiger charge is -2.27. The normalized spacial score (nSPS) is 16.7. The summed E-state index contributed by atoms with van der Waals surface area (Å²) in [6.07, 6.45) is 6.89. The molecule has 3 aromatic rings. The Balaban J connectivity index is 1.45. The molecule has 1 atom stereocenters. The molecule has 0 radical (unpaired) electrons. The Bertz CT molecular complexity index is 1580. The first-order valence-corrected chi connectivity index (χ1v) is 14.9. The number of hydrogen-bond acceptors (Lipinski definition) is 9. The van der Waals surface area contributed by atoms with E-state index in [0.717, 1.165) is 36.1 Å². The standard InChI is InChI=1S/C33H39N7O4/c1-32(2,3)43-30(41)39-12-10-25(20-39)37-26-14-24(18-35-19-26)27-15-23(22-7-8-22)16-29(38-27)40(31(42)44-33(4,5)6)28-13-21(17-34)9-11-36-28/h9,11,13-16,18-19,22,25,37H,7-8,10,12,20H2,1-6H3/t25-/m1/s1. The minimum Gasteiger partial charge on any atom is -0.444 e. The van der Waals surface area contributed by atoms with Crippen molar-refractivity contribution >= 4 is 29.5 Å². The molecule has 2 aliphatic rings. The fourth-order valence-corrected chi connectivity index (χ4v) is 4.94. The van der Waals surface area contributed by atoms with Gasteiger partial charge in [0.2, 0.25) is 0 Å². The van der Waals surface area contributed by atoms with Gasteiger partial charge in [-0.15, -0.1) is 0 Å². The average molecular weight is 598 g/mol. The van der Waals surface area contributed by atoms with E-state index in [1.54, 1.807) is 50.2 Å². The predicted octanol–water partition coefficient (Wildman–Crippen LogP) is 6.78. The van der Waals surface area contributed by atoms with Crippen molar-refractivity contribution in [2.24, 2.45) is 0 Å². The molecule has 0 aromatic carbocycles. The van der Waals surface area contributed by atoms with E-state index in [1.807, 2.05) is 39.0 Å². The van der Waals surface area contributed by atoms with Crippen LogP contribution >= 0.6 is 0 Å². The molecule has 11 heteroatoms. The third-order valence-corrected chi connectivity index (χ3v) is 7.04. The van der Waals surface area contributed by atoms with Gasteiger partial charge in [-0.2, -0.15) is 5.26 Å². The fourth-order valence-electron chi connectivity index (χ4n) is 4.94. The van der Waals surface area contributed by atoms with Crippen LogP contribution in [0.15, 0.2) is 48.9 Å². The summed E-state index contributed by atoms with van der Waals surface area (Å²) in [5.41, 5.74) is 2.32. The lowest BCUT2D eigenvalue weighted by molar-refractivity contribution is 0.0293. The van der Waals surface area contributed by atoms with E-state index in [4.69, 9.17) is 14.5 Å². The number of nitrogens with one attached hydrogen (secondary N) is 1. The van der Waals surface area contributed by atoms with Crippen LogP contribution in [0.3, 0.4) is 0 Å². The van der Waals surface area contributed by atoms with Gasteiger partial charge >= 0.3 is 12.2 Å². The van der Waals surface area contributed by atoms with Crippen LogP contribution in [0.2, 0.25) is 0 Å². The number of amides is 2. The molecule has 1 saturated heterocycles. The number of carbonyl (C=O) groups excluding carboxylic acids is 2. The Morgan fingerprint density at radius 2 is 1.75 bits per heavy atom. The number of ether oxygens (including phenoxy) is 2. The SMILES string of the molecule is CC(C)(C)OC(=O)N1CC[C@@H](Nc2cncc(-c3cc(C4CC4)cc(N(C(=O)OC(C)(C)C)c4cc(C#N)ccn4)n3)c2)C1. The van der Waals surface area contributed by atoms with E-state index in [9.17, 15) is 14.9 Å². The molecule has 1 aliphatic carbocycles. The van der Waals surface area contributed by atoms with Gasteiger partial charge in [-0.1, -0.05) is 0 Å². The zero-order chi connectivity index (χ0) is 31.6. The van der Waals surface area contributed by atoms with Gasteiger partial charge in [0.15, 0.2) is 0 Å². The second-order valence-electron chi connectivity index (χ2n) is 13.3. The van der Waals surface area contributed by atoms with Gasteiger partial charge < -0.3 is 19.7 Å². The van der Waals surface area contributed by atoms with Crippen molar-refractivity contribution in [1.29, 1.82) is 5.26 Å². The van der Waals surface area contributed by atoms with Crippen molar-refractivity contribution in [2.45, 2.75) is 84.0 Å². The summed E-state index contributed by atoms with van der Waals surface area (Å²) >= 11 is 0. The third-order valence-electron chi connectivity index (χ3n) is 7.04. The van der Waals surface area contributed by atoms with Gasteiger partial charge in [0.25, 0.3) is 0 Å². The molecule has 5 rings (SSSR count). The molecule has 1 aliphatic heterocycles. The third kappa shape index (κ3) is 7.81. The van der Waals surface area contributed by atoms with Crippen LogP contribution in [-0.4, -0.2) is 62.4 Å². The van der Waals surface area contributed by atoms with Crippen molar-refractivity contribution < 1.29 is 19.1 Å². The molecule has 230 valence electrons. The molecule has 0 unspecified atom stereocenters. The molecule has 11 nitrogen and oxygen atoms in total. The lowest BCUT2D eigenvalue weighted by atomic mass is 10.1. The molecule has 0 bridgehead atoms. The highest BCUT2D eigenvalue weighted by Crippen LogP contribution is 2.43. The Morgan fingerprint density at radius 1 is 1.00 bits per heavy atom. The topological polar surface area (TPSA) is 134 Å². The number of aromatic nitrogens is 3. The number of rotatable bonds is 6. The van der Waals surface area contributed by atoms with Gasteiger partial charge in [0.05, 0.1) is 23.0 Å². The molecule has 3 aromatic heterocycles.